The number of fused-ring (bicyclic) bond motifs is 1. The van der Waals surface area contributed by atoms with Crippen LogP contribution >= 0.6 is 11.6 Å². The summed E-state index contributed by atoms with van der Waals surface area (Å²) in [5, 5.41) is 14.9. The predicted molar refractivity (Wildman–Crippen MR) is 92.4 cm³/mol. The Kier molecular flexibility index (Phi) is 3.82. The van der Waals surface area contributed by atoms with Crippen LogP contribution in [0, 0.1) is 12.3 Å². The van der Waals surface area contributed by atoms with E-state index in [1.807, 2.05) is 19.1 Å². The molecule has 2 fully saturated rings. The molecule has 1 saturated carbocycles. The Morgan fingerprint density at radius 3 is 2.88 bits per heavy atom. The molecule has 4 rings (SSSR count). The normalized spacial score (nSPS) is 25.6. The lowest BCUT2D eigenvalue weighted by Crippen LogP contribution is -2.65. The van der Waals surface area contributed by atoms with Crippen LogP contribution in [0.1, 0.15) is 35.3 Å². The maximum atomic E-state index is 12.9. The fourth-order valence-electron chi connectivity index (χ4n) is 4.22. The first-order chi connectivity index (χ1) is 11.5. The molecule has 0 unspecified atom stereocenters. The van der Waals surface area contributed by atoms with Gasteiger partial charge in [0.2, 0.25) is 0 Å². The van der Waals surface area contributed by atoms with Gasteiger partial charge in [-0.2, -0.15) is 0 Å². The van der Waals surface area contributed by atoms with E-state index in [2.05, 4.69) is 10.3 Å². The van der Waals surface area contributed by atoms with Crippen molar-refractivity contribution in [3.8, 4) is 0 Å². The monoisotopic (exact) mass is 348 g/mol. The van der Waals surface area contributed by atoms with Crippen molar-refractivity contribution in [2.45, 2.75) is 38.3 Å². The van der Waals surface area contributed by atoms with E-state index in [-0.39, 0.29) is 23.5 Å². The molecule has 0 bridgehead atoms. The SMILES string of the molecule is Cc1[nH]c2ccc(Cl)cc2c1C(=O)N[C@@H]1C[C@@H](O)C12CCOCC2. The molecule has 1 saturated heterocycles. The first-order valence-corrected chi connectivity index (χ1v) is 8.73. The van der Waals surface area contributed by atoms with Crippen LogP contribution in [0.3, 0.4) is 0 Å². The van der Waals surface area contributed by atoms with Gasteiger partial charge in [-0.05, 0) is 44.4 Å². The van der Waals surface area contributed by atoms with E-state index >= 15 is 0 Å². The van der Waals surface area contributed by atoms with E-state index < -0.39 is 0 Å². The van der Waals surface area contributed by atoms with Crippen molar-refractivity contribution in [1.29, 1.82) is 0 Å². The standard InChI is InChI=1S/C18H21ClN2O3/c1-10-16(12-8-11(19)2-3-13(12)20-10)17(23)21-14-9-15(22)18(14)4-6-24-7-5-18/h2-3,8,14-15,20,22H,4-7,9H2,1H3,(H,21,23)/t14-,15-/m1/s1. The molecule has 3 N–H and O–H groups in total. The molecule has 5 nitrogen and oxygen atoms in total. The van der Waals surface area contributed by atoms with Crippen LogP contribution < -0.4 is 5.32 Å². The first-order valence-electron chi connectivity index (χ1n) is 8.36. The molecule has 1 aromatic heterocycles. The van der Waals surface area contributed by atoms with Crippen molar-refractivity contribution in [3.63, 3.8) is 0 Å². The molecule has 1 aliphatic carbocycles. The third kappa shape index (κ3) is 2.34. The van der Waals surface area contributed by atoms with Crippen LogP contribution in [0.2, 0.25) is 5.02 Å². The lowest BCUT2D eigenvalue weighted by molar-refractivity contribution is -0.145. The molecule has 2 heterocycles. The van der Waals surface area contributed by atoms with Gasteiger partial charge in [0.1, 0.15) is 0 Å². The van der Waals surface area contributed by atoms with Crippen LogP contribution in [0.5, 0.6) is 0 Å². The Bertz CT molecular complexity index is 795. The molecule has 1 aromatic carbocycles. The number of ether oxygens (including phenoxy) is 1. The number of aliphatic hydroxyl groups excluding tert-OH is 1. The largest absolute Gasteiger partial charge is 0.392 e. The van der Waals surface area contributed by atoms with Crippen LogP contribution in [0.4, 0.5) is 0 Å². The zero-order chi connectivity index (χ0) is 16.9. The number of halogens is 1. The van der Waals surface area contributed by atoms with Gasteiger partial charge >= 0.3 is 0 Å². The summed E-state index contributed by atoms with van der Waals surface area (Å²) in [4.78, 5) is 16.1. The second kappa shape index (κ2) is 5.76. The number of aromatic amines is 1. The van der Waals surface area contributed by atoms with Crippen LogP contribution in [-0.2, 0) is 4.74 Å². The van der Waals surface area contributed by atoms with Gasteiger partial charge in [-0.1, -0.05) is 11.6 Å². The van der Waals surface area contributed by atoms with Gasteiger partial charge < -0.3 is 20.1 Å². The zero-order valence-corrected chi connectivity index (χ0v) is 14.3. The number of benzene rings is 1. The molecule has 24 heavy (non-hydrogen) atoms. The van der Waals surface area contributed by atoms with Crippen LogP contribution in [0.25, 0.3) is 10.9 Å². The van der Waals surface area contributed by atoms with E-state index in [0.717, 1.165) is 29.4 Å². The second-order valence-electron chi connectivity index (χ2n) is 6.94. The number of H-pyrrole nitrogens is 1. The smallest absolute Gasteiger partial charge is 0.253 e. The quantitative estimate of drug-likeness (QED) is 0.781. The van der Waals surface area contributed by atoms with Crippen molar-refractivity contribution in [2.75, 3.05) is 13.2 Å². The Balaban J connectivity index is 1.61. The molecule has 1 amide bonds. The summed E-state index contributed by atoms with van der Waals surface area (Å²) in [6.45, 7) is 3.18. The molecular formula is C18H21ClN2O3. The maximum Gasteiger partial charge on any atom is 0.253 e. The average Bonchev–Trinajstić information content (AvgIpc) is 2.90. The highest BCUT2D eigenvalue weighted by Gasteiger charge is 2.55. The number of carbonyl (C=O) groups is 1. The topological polar surface area (TPSA) is 74.4 Å². The number of aryl methyl sites for hydroxylation is 1. The fraction of sp³-hybridized carbons (Fsp3) is 0.500. The first kappa shape index (κ1) is 15.9. The molecule has 128 valence electrons. The number of amides is 1. The molecule has 6 heteroatoms. The van der Waals surface area contributed by atoms with Gasteiger partial charge in [-0.15, -0.1) is 0 Å². The highest BCUT2D eigenvalue weighted by atomic mass is 35.5. The predicted octanol–water partition coefficient (Wildman–Crippen LogP) is 2.79. The number of nitrogens with one attached hydrogen (secondary N) is 2. The summed E-state index contributed by atoms with van der Waals surface area (Å²) in [6.07, 6.45) is 1.83. The van der Waals surface area contributed by atoms with Crippen LogP contribution in [-0.4, -0.2) is 41.4 Å². The van der Waals surface area contributed by atoms with E-state index in [9.17, 15) is 9.90 Å². The van der Waals surface area contributed by atoms with Crippen molar-refractivity contribution >= 4 is 28.4 Å². The third-order valence-corrected chi connectivity index (χ3v) is 5.96. The molecular weight excluding hydrogens is 328 g/mol. The van der Waals surface area contributed by atoms with Crippen LogP contribution in [0.15, 0.2) is 18.2 Å². The second-order valence-corrected chi connectivity index (χ2v) is 7.37. The van der Waals surface area contributed by atoms with Crippen molar-refractivity contribution in [2.24, 2.45) is 5.41 Å². The molecule has 1 aliphatic heterocycles. The summed E-state index contributed by atoms with van der Waals surface area (Å²) >= 11 is 6.09. The molecule has 2 aliphatic rings. The van der Waals surface area contributed by atoms with Crippen molar-refractivity contribution < 1.29 is 14.6 Å². The summed E-state index contributed by atoms with van der Waals surface area (Å²) < 4.78 is 5.42. The highest BCUT2D eigenvalue weighted by molar-refractivity contribution is 6.31. The zero-order valence-electron chi connectivity index (χ0n) is 13.6. The number of aliphatic hydroxyl groups is 1. The Morgan fingerprint density at radius 2 is 2.17 bits per heavy atom. The summed E-state index contributed by atoms with van der Waals surface area (Å²) in [7, 11) is 0. The van der Waals surface area contributed by atoms with Gasteiger partial charge in [0.25, 0.3) is 5.91 Å². The van der Waals surface area contributed by atoms with Crippen molar-refractivity contribution in [1.82, 2.24) is 10.3 Å². The Morgan fingerprint density at radius 1 is 1.42 bits per heavy atom. The maximum absolute atomic E-state index is 12.9. The van der Waals surface area contributed by atoms with E-state index in [1.54, 1.807) is 6.07 Å². The summed E-state index contributed by atoms with van der Waals surface area (Å²) in [6, 6.07) is 5.50. The van der Waals surface area contributed by atoms with Gasteiger partial charge in [-0.3, -0.25) is 4.79 Å². The van der Waals surface area contributed by atoms with Gasteiger partial charge in [0, 0.05) is 46.3 Å². The number of aromatic nitrogens is 1. The summed E-state index contributed by atoms with van der Waals surface area (Å²) in [5.41, 5.74) is 2.13. The van der Waals surface area contributed by atoms with Crippen molar-refractivity contribution in [3.05, 3.63) is 34.5 Å². The minimum absolute atomic E-state index is 0.00701. The van der Waals surface area contributed by atoms with Gasteiger partial charge in [-0.25, -0.2) is 0 Å². The van der Waals surface area contributed by atoms with E-state index in [1.165, 1.54) is 0 Å². The average molecular weight is 349 g/mol. The molecule has 2 aromatic rings. The Hall–Kier alpha value is -1.56. The number of rotatable bonds is 2. The number of carbonyl (C=O) groups excluding carboxylic acids is 1. The minimum atomic E-state index is -0.356. The van der Waals surface area contributed by atoms with Gasteiger partial charge in [0.05, 0.1) is 11.7 Å². The lowest BCUT2D eigenvalue weighted by atomic mass is 9.58. The molecule has 0 radical (unpaired) electrons. The minimum Gasteiger partial charge on any atom is -0.392 e. The summed E-state index contributed by atoms with van der Waals surface area (Å²) in [5.74, 6) is -0.108. The fourth-order valence-corrected chi connectivity index (χ4v) is 4.39. The number of hydrogen-bond acceptors (Lipinski definition) is 3. The van der Waals surface area contributed by atoms with Gasteiger partial charge in [0.15, 0.2) is 0 Å². The van der Waals surface area contributed by atoms with E-state index in [0.29, 0.717) is 30.2 Å². The highest BCUT2D eigenvalue weighted by Crippen LogP contribution is 2.49. The Labute approximate surface area is 145 Å². The molecule has 2 atom stereocenters. The third-order valence-electron chi connectivity index (χ3n) is 5.72. The number of hydrogen-bond donors (Lipinski definition) is 3. The van der Waals surface area contributed by atoms with E-state index in [4.69, 9.17) is 16.3 Å². The molecule has 1 spiro atoms. The lowest BCUT2D eigenvalue weighted by Gasteiger charge is -2.55.